The largest absolute Gasteiger partial charge is 0.494 e. The van der Waals surface area contributed by atoms with Gasteiger partial charge in [0.2, 0.25) is 0 Å². The van der Waals surface area contributed by atoms with Crippen molar-refractivity contribution in [2.45, 2.75) is 43.9 Å². The van der Waals surface area contributed by atoms with Crippen molar-refractivity contribution in [2.75, 3.05) is 7.11 Å². The van der Waals surface area contributed by atoms with Crippen LogP contribution < -0.4 is 16.0 Å². The number of hydrazine groups is 1. The van der Waals surface area contributed by atoms with Crippen LogP contribution in [0.3, 0.4) is 0 Å². The molecule has 5 heteroatoms. The van der Waals surface area contributed by atoms with Gasteiger partial charge < -0.3 is 9.47 Å². The maximum atomic E-state index is 13.7. The first kappa shape index (κ1) is 13.8. The highest BCUT2D eigenvalue weighted by Crippen LogP contribution is 2.40. The molecule has 0 radical (unpaired) electrons. The van der Waals surface area contributed by atoms with E-state index in [1.165, 1.54) is 13.2 Å². The second-order valence-electron chi connectivity index (χ2n) is 5.72. The number of nitrogens with one attached hydrogen (secondary N) is 1. The van der Waals surface area contributed by atoms with Crippen molar-refractivity contribution >= 4 is 0 Å². The molecule has 4 nitrogen and oxygen atoms in total. The van der Waals surface area contributed by atoms with E-state index >= 15 is 0 Å². The van der Waals surface area contributed by atoms with Gasteiger partial charge in [0, 0.05) is 12.0 Å². The molecule has 2 saturated heterocycles. The predicted molar refractivity (Wildman–Crippen MR) is 73.8 cm³/mol. The zero-order chi connectivity index (χ0) is 14.1. The van der Waals surface area contributed by atoms with E-state index in [9.17, 15) is 4.39 Å². The zero-order valence-electron chi connectivity index (χ0n) is 11.6. The first-order chi connectivity index (χ1) is 9.71. The number of rotatable bonds is 5. The van der Waals surface area contributed by atoms with Gasteiger partial charge in [-0.1, -0.05) is 6.07 Å². The van der Waals surface area contributed by atoms with Crippen molar-refractivity contribution in [3.05, 3.63) is 29.6 Å². The summed E-state index contributed by atoms with van der Waals surface area (Å²) in [6.45, 7) is 0. The Kier molecular flexibility index (Phi) is 3.92. The van der Waals surface area contributed by atoms with Crippen LogP contribution in [0.2, 0.25) is 0 Å². The fourth-order valence-corrected chi connectivity index (χ4v) is 3.53. The zero-order valence-corrected chi connectivity index (χ0v) is 11.6. The second kappa shape index (κ2) is 5.68. The van der Waals surface area contributed by atoms with Gasteiger partial charge in [0.15, 0.2) is 11.6 Å². The van der Waals surface area contributed by atoms with Gasteiger partial charge in [-0.15, -0.1) is 0 Å². The first-order valence-corrected chi connectivity index (χ1v) is 7.15. The van der Waals surface area contributed by atoms with E-state index < -0.39 is 0 Å². The molecule has 0 aliphatic carbocycles. The monoisotopic (exact) mass is 280 g/mol. The van der Waals surface area contributed by atoms with Crippen LogP contribution in [0.5, 0.6) is 5.75 Å². The maximum absolute atomic E-state index is 13.7. The fourth-order valence-electron chi connectivity index (χ4n) is 3.53. The van der Waals surface area contributed by atoms with Crippen molar-refractivity contribution < 1.29 is 13.9 Å². The predicted octanol–water partition coefficient (Wildman–Crippen LogP) is 1.78. The van der Waals surface area contributed by atoms with Crippen LogP contribution in [0, 0.1) is 11.7 Å². The molecule has 2 aliphatic rings. The molecule has 4 unspecified atom stereocenters. The number of hydrogen-bond acceptors (Lipinski definition) is 4. The van der Waals surface area contributed by atoms with Crippen molar-refractivity contribution in [3.8, 4) is 5.75 Å². The lowest BCUT2D eigenvalue weighted by Crippen LogP contribution is -2.45. The van der Waals surface area contributed by atoms with E-state index in [1.807, 2.05) is 6.07 Å². The normalized spacial score (nSPS) is 29.6. The van der Waals surface area contributed by atoms with Gasteiger partial charge in [-0.05, 0) is 43.4 Å². The molecule has 1 aromatic carbocycles. The third-order valence-electron chi connectivity index (χ3n) is 4.56. The molecule has 0 spiro atoms. The quantitative estimate of drug-likeness (QED) is 0.637. The Morgan fingerprint density at radius 3 is 2.90 bits per heavy atom. The molecule has 4 atom stereocenters. The molecule has 0 amide bonds. The maximum Gasteiger partial charge on any atom is 0.165 e. The van der Waals surface area contributed by atoms with Crippen LogP contribution in [0.1, 0.15) is 24.8 Å². The molecule has 0 aromatic heterocycles. The summed E-state index contributed by atoms with van der Waals surface area (Å²) in [7, 11) is 1.47. The number of fused-ring (bicyclic) bond motifs is 2. The van der Waals surface area contributed by atoms with Crippen molar-refractivity contribution in [3.63, 3.8) is 0 Å². The van der Waals surface area contributed by atoms with Gasteiger partial charge >= 0.3 is 0 Å². The van der Waals surface area contributed by atoms with E-state index in [0.717, 1.165) is 24.8 Å². The number of benzene rings is 1. The fraction of sp³-hybridized carbons (Fsp3) is 0.600. The minimum atomic E-state index is -0.329. The van der Waals surface area contributed by atoms with Gasteiger partial charge in [0.1, 0.15) is 0 Å². The molecule has 2 heterocycles. The number of hydrogen-bond donors (Lipinski definition) is 2. The summed E-state index contributed by atoms with van der Waals surface area (Å²) in [5.41, 5.74) is 3.82. The SMILES string of the molecule is COc1ccc(CC(NN)C2CC3CCC2O3)cc1F. The average Bonchev–Trinajstić information content (AvgIpc) is 3.07. The Morgan fingerprint density at radius 1 is 1.50 bits per heavy atom. The number of nitrogens with two attached hydrogens (primary N) is 1. The minimum absolute atomic E-state index is 0.123. The summed E-state index contributed by atoms with van der Waals surface area (Å²) in [4.78, 5) is 0. The number of ether oxygens (including phenoxy) is 2. The van der Waals surface area contributed by atoms with Crippen LogP contribution in [0.15, 0.2) is 18.2 Å². The Morgan fingerprint density at radius 2 is 2.35 bits per heavy atom. The van der Waals surface area contributed by atoms with Gasteiger partial charge in [-0.2, -0.15) is 0 Å². The lowest BCUT2D eigenvalue weighted by molar-refractivity contribution is 0.0857. The average molecular weight is 280 g/mol. The molecule has 2 bridgehead atoms. The highest BCUT2D eigenvalue weighted by atomic mass is 19.1. The number of halogens is 1. The summed E-state index contributed by atoms with van der Waals surface area (Å²) in [6.07, 6.45) is 4.74. The van der Waals surface area contributed by atoms with Crippen LogP contribution >= 0.6 is 0 Å². The lowest BCUT2D eigenvalue weighted by Gasteiger charge is -2.28. The van der Waals surface area contributed by atoms with Crippen molar-refractivity contribution in [1.29, 1.82) is 0 Å². The van der Waals surface area contributed by atoms with Crippen LogP contribution in [0.25, 0.3) is 0 Å². The van der Waals surface area contributed by atoms with Gasteiger partial charge in [0.25, 0.3) is 0 Å². The Labute approximate surface area is 118 Å². The first-order valence-electron chi connectivity index (χ1n) is 7.15. The van der Waals surface area contributed by atoms with E-state index in [1.54, 1.807) is 6.07 Å². The Balaban J connectivity index is 1.70. The standard InChI is InChI=1S/C15H21FN2O2/c1-19-15-4-2-9(6-12(15)16)7-13(18-17)11-8-10-3-5-14(11)20-10/h2,4,6,10-11,13-14,18H,3,5,7-8,17H2,1H3. The van der Waals surface area contributed by atoms with Crippen LogP contribution in [-0.2, 0) is 11.2 Å². The lowest BCUT2D eigenvalue weighted by atomic mass is 9.82. The molecule has 3 rings (SSSR count). The Hall–Kier alpha value is -1.17. The van der Waals surface area contributed by atoms with E-state index in [-0.39, 0.29) is 17.6 Å². The molecule has 20 heavy (non-hydrogen) atoms. The molecule has 2 aliphatic heterocycles. The van der Waals surface area contributed by atoms with E-state index in [2.05, 4.69) is 5.43 Å². The van der Waals surface area contributed by atoms with Gasteiger partial charge in [-0.25, -0.2) is 4.39 Å². The van der Waals surface area contributed by atoms with Gasteiger partial charge in [-0.3, -0.25) is 11.3 Å². The highest BCUT2D eigenvalue weighted by molar-refractivity contribution is 5.29. The summed E-state index contributed by atoms with van der Waals surface area (Å²) in [6, 6.07) is 5.20. The molecule has 1 aromatic rings. The second-order valence-corrected chi connectivity index (χ2v) is 5.72. The molecule has 0 saturated carbocycles. The third kappa shape index (κ3) is 2.53. The smallest absolute Gasteiger partial charge is 0.165 e. The molecular formula is C15H21FN2O2. The summed E-state index contributed by atoms with van der Waals surface area (Å²) in [5.74, 6) is 6.07. The minimum Gasteiger partial charge on any atom is -0.494 e. The van der Waals surface area contributed by atoms with Crippen LogP contribution in [0.4, 0.5) is 4.39 Å². The molecule has 110 valence electrons. The van der Waals surface area contributed by atoms with Crippen LogP contribution in [-0.4, -0.2) is 25.4 Å². The van der Waals surface area contributed by atoms with E-state index in [0.29, 0.717) is 24.5 Å². The summed E-state index contributed by atoms with van der Waals surface area (Å²) < 4.78 is 24.5. The summed E-state index contributed by atoms with van der Waals surface area (Å²) >= 11 is 0. The van der Waals surface area contributed by atoms with Crippen molar-refractivity contribution in [2.24, 2.45) is 11.8 Å². The highest BCUT2D eigenvalue weighted by Gasteiger charge is 2.44. The Bertz CT molecular complexity index is 483. The summed E-state index contributed by atoms with van der Waals surface area (Å²) in [5, 5.41) is 0. The van der Waals surface area contributed by atoms with E-state index in [4.69, 9.17) is 15.3 Å². The molecule has 2 fully saturated rings. The number of methoxy groups -OCH3 is 1. The van der Waals surface area contributed by atoms with Gasteiger partial charge in [0.05, 0.1) is 19.3 Å². The molecular weight excluding hydrogens is 259 g/mol. The van der Waals surface area contributed by atoms with Crippen molar-refractivity contribution in [1.82, 2.24) is 5.43 Å². The molecule has 3 N–H and O–H groups in total. The third-order valence-corrected chi connectivity index (χ3v) is 4.56. The topological polar surface area (TPSA) is 56.5 Å².